The molecule has 0 aliphatic carbocycles. The number of carbonyl (C=O) groups excluding carboxylic acids is 1. The number of amides is 1. The van der Waals surface area contributed by atoms with Gasteiger partial charge in [0.2, 0.25) is 5.91 Å². The van der Waals surface area contributed by atoms with Crippen LogP contribution in [0.25, 0.3) is 6.08 Å². The van der Waals surface area contributed by atoms with Crippen molar-refractivity contribution in [3.63, 3.8) is 0 Å². The Labute approximate surface area is 82.2 Å². The molecule has 0 aromatic heterocycles. The SMILES string of the molecule is CC(=O)N/C(Cl)=C\c1ccccc1. The molecule has 13 heavy (non-hydrogen) atoms. The fourth-order valence-corrected chi connectivity index (χ4v) is 1.16. The van der Waals surface area contributed by atoms with Crippen molar-refractivity contribution in [2.24, 2.45) is 0 Å². The summed E-state index contributed by atoms with van der Waals surface area (Å²) in [5, 5.41) is 2.81. The van der Waals surface area contributed by atoms with Gasteiger partial charge in [0.1, 0.15) is 5.16 Å². The van der Waals surface area contributed by atoms with Crippen LogP contribution in [0, 0.1) is 0 Å². The zero-order valence-electron chi connectivity index (χ0n) is 7.25. The Hall–Kier alpha value is -1.28. The Bertz CT molecular complexity index is 319. The van der Waals surface area contributed by atoms with Gasteiger partial charge in [-0.05, 0) is 11.6 Å². The summed E-state index contributed by atoms with van der Waals surface area (Å²) in [6.45, 7) is 1.42. The van der Waals surface area contributed by atoms with Crippen molar-refractivity contribution in [1.29, 1.82) is 0 Å². The molecule has 1 aromatic carbocycles. The predicted molar refractivity (Wildman–Crippen MR) is 54.1 cm³/mol. The number of carbonyl (C=O) groups is 1. The van der Waals surface area contributed by atoms with Gasteiger partial charge in [-0.25, -0.2) is 0 Å². The van der Waals surface area contributed by atoms with Crippen LogP contribution in [0.15, 0.2) is 35.5 Å². The lowest BCUT2D eigenvalue weighted by Gasteiger charge is -1.98. The Morgan fingerprint density at radius 1 is 1.38 bits per heavy atom. The summed E-state index contributed by atoms with van der Waals surface area (Å²) < 4.78 is 0. The summed E-state index contributed by atoms with van der Waals surface area (Å²) in [7, 11) is 0. The third kappa shape index (κ3) is 3.76. The maximum absolute atomic E-state index is 10.6. The van der Waals surface area contributed by atoms with Crippen molar-refractivity contribution in [3.05, 3.63) is 41.1 Å². The molecular formula is C10H10ClNO. The third-order valence-corrected chi connectivity index (χ3v) is 1.59. The minimum Gasteiger partial charge on any atom is -0.317 e. The molecule has 0 saturated heterocycles. The average molecular weight is 196 g/mol. The third-order valence-electron chi connectivity index (χ3n) is 1.39. The molecule has 0 bridgehead atoms. The second kappa shape index (κ2) is 4.67. The highest BCUT2D eigenvalue weighted by Gasteiger charge is 1.94. The van der Waals surface area contributed by atoms with Crippen molar-refractivity contribution in [2.45, 2.75) is 6.92 Å². The monoisotopic (exact) mass is 195 g/mol. The number of hydrogen-bond donors (Lipinski definition) is 1. The first-order chi connectivity index (χ1) is 6.18. The van der Waals surface area contributed by atoms with E-state index < -0.39 is 0 Å². The van der Waals surface area contributed by atoms with Crippen molar-refractivity contribution < 1.29 is 4.79 Å². The fraction of sp³-hybridized carbons (Fsp3) is 0.100. The first-order valence-electron chi connectivity index (χ1n) is 3.88. The van der Waals surface area contributed by atoms with Gasteiger partial charge in [0, 0.05) is 6.92 Å². The van der Waals surface area contributed by atoms with Crippen LogP contribution in [0.2, 0.25) is 0 Å². The maximum Gasteiger partial charge on any atom is 0.221 e. The topological polar surface area (TPSA) is 29.1 Å². The molecule has 2 nitrogen and oxygen atoms in total. The smallest absolute Gasteiger partial charge is 0.221 e. The summed E-state index contributed by atoms with van der Waals surface area (Å²) in [4.78, 5) is 10.6. The van der Waals surface area contributed by atoms with Crippen molar-refractivity contribution in [1.82, 2.24) is 5.32 Å². The van der Waals surface area contributed by atoms with Crippen molar-refractivity contribution in [2.75, 3.05) is 0 Å². The van der Waals surface area contributed by atoms with Crippen LogP contribution in [-0.2, 0) is 4.79 Å². The lowest BCUT2D eigenvalue weighted by atomic mass is 10.2. The van der Waals surface area contributed by atoms with E-state index in [4.69, 9.17) is 11.6 Å². The molecule has 1 N–H and O–H groups in total. The number of rotatable bonds is 2. The standard InChI is InChI=1S/C10H10ClNO/c1-8(13)12-10(11)7-9-5-3-2-4-6-9/h2-7H,1H3,(H,12,13)/b10-7-. The summed E-state index contributed by atoms with van der Waals surface area (Å²) in [6.07, 6.45) is 1.70. The Kier molecular flexibility index (Phi) is 3.53. The molecule has 0 heterocycles. The van der Waals surface area contributed by atoms with E-state index in [-0.39, 0.29) is 5.91 Å². The van der Waals surface area contributed by atoms with E-state index in [2.05, 4.69) is 5.32 Å². The molecule has 68 valence electrons. The number of hydrogen-bond acceptors (Lipinski definition) is 1. The molecule has 1 rings (SSSR count). The van der Waals surface area contributed by atoms with E-state index >= 15 is 0 Å². The minimum absolute atomic E-state index is 0.169. The highest BCUT2D eigenvalue weighted by molar-refractivity contribution is 6.32. The molecule has 3 heteroatoms. The van der Waals surface area contributed by atoms with Gasteiger partial charge in [-0.1, -0.05) is 41.9 Å². The summed E-state index contributed by atoms with van der Waals surface area (Å²) in [6, 6.07) is 9.55. The average Bonchev–Trinajstić information content (AvgIpc) is 2.04. The zero-order chi connectivity index (χ0) is 9.68. The van der Waals surface area contributed by atoms with Gasteiger partial charge in [0.15, 0.2) is 0 Å². The van der Waals surface area contributed by atoms with Crippen molar-refractivity contribution >= 4 is 23.6 Å². The Morgan fingerprint density at radius 3 is 2.54 bits per heavy atom. The highest BCUT2D eigenvalue weighted by Crippen LogP contribution is 2.06. The Balaban J connectivity index is 2.71. The van der Waals surface area contributed by atoms with Crippen LogP contribution in [-0.4, -0.2) is 5.91 Å². The molecule has 0 fully saturated rings. The van der Waals surface area contributed by atoms with Crippen LogP contribution in [0.4, 0.5) is 0 Å². The quantitative estimate of drug-likeness (QED) is 0.722. The van der Waals surface area contributed by atoms with Gasteiger partial charge < -0.3 is 5.32 Å². The van der Waals surface area contributed by atoms with Crippen LogP contribution < -0.4 is 5.32 Å². The van der Waals surface area contributed by atoms with Gasteiger partial charge in [-0.3, -0.25) is 4.79 Å². The molecule has 0 aliphatic heterocycles. The molecule has 0 atom stereocenters. The first-order valence-corrected chi connectivity index (χ1v) is 4.26. The lowest BCUT2D eigenvalue weighted by Crippen LogP contribution is -2.15. The zero-order valence-corrected chi connectivity index (χ0v) is 8.01. The van der Waals surface area contributed by atoms with E-state index in [0.29, 0.717) is 5.16 Å². The van der Waals surface area contributed by atoms with Crippen LogP contribution >= 0.6 is 11.6 Å². The molecule has 0 radical (unpaired) electrons. The highest BCUT2D eigenvalue weighted by atomic mass is 35.5. The Morgan fingerprint density at radius 2 is 2.00 bits per heavy atom. The molecule has 0 unspecified atom stereocenters. The van der Waals surface area contributed by atoms with E-state index in [1.807, 2.05) is 30.3 Å². The van der Waals surface area contributed by atoms with Gasteiger partial charge in [0.25, 0.3) is 0 Å². The second-order valence-electron chi connectivity index (χ2n) is 2.58. The van der Waals surface area contributed by atoms with E-state index in [0.717, 1.165) is 5.56 Å². The molecule has 0 saturated carbocycles. The van der Waals surface area contributed by atoms with Gasteiger partial charge in [-0.15, -0.1) is 0 Å². The first kappa shape index (κ1) is 9.81. The maximum atomic E-state index is 10.6. The number of halogens is 1. The molecule has 1 amide bonds. The molecular weight excluding hydrogens is 186 g/mol. The van der Waals surface area contributed by atoms with E-state index in [1.165, 1.54) is 6.92 Å². The summed E-state index contributed by atoms with van der Waals surface area (Å²) >= 11 is 5.74. The molecule has 0 spiro atoms. The largest absolute Gasteiger partial charge is 0.317 e. The van der Waals surface area contributed by atoms with E-state index in [9.17, 15) is 4.79 Å². The van der Waals surface area contributed by atoms with Crippen molar-refractivity contribution in [3.8, 4) is 0 Å². The lowest BCUT2D eigenvalue weighted by molar-refractivity contribution is -0.118. The predicted octanol–water partition coefficient (Wildman–Crippen LogP) is 2.36. The van der Waals surface area contributed by atoms with Crippen LogP contribution in [0.1, 0.15) is 12.5 Å². The van der Waals surface area contributed by atoms with Gasteiger partial charge >= 0.3 is 0 Å². The number of benzene rings is 1. The van der Waals surface area contributed by atoms with Gasteiger partial charge in [-0.2, -0.15) is 0 Å². The fourth-order valence-electron chi connectivity index (χ4n) is 0.900. The molecule has 1 aromatic rings. The van der Waals surface area contributed by atoms with Crippen LogP contribution in [0.5, 0.6) is 0 Å². The summed E-state index contributed by atoms with van der Waals surface area (Å²) in [5.41, 5.74) is 0.959. The second-order valence-corrected chi connectivity index (χ2v) is 2.99. The number of nitrogens with one attached hydrogen (secondary N) is 1. The normalized spacial score (nSPS) is 11.1. The minimum atomic E-state index is -0.169. The van der Waals surface area contributed by atoms with E-state index in [1.54, 1.807) is 6.08 Å². The summed E-state index contributed by atoms with van der Waals surface area (Å²) in [5.74, 6) is -0.169. The van der Waals surface area contributed by atoms with Crippen LogP contribution in [0.3, 0.4) is 0 Å². The van der Waals surface area contributed by atoms with Gasteiger partial charge in [0.05, 0.1) is 0 Å². The molecule has 0 aliphatic rings.